The first kappa shape index (κ1) is 8.19. The Morgan fingerprint density at radius 3 is 2.50 bits per heavy atom. The van der Waals surface area contributed by atoms with Crippen molar-refractivity contribution in [3.05, 3.63) is 0 Å². The van der Waals surface area contributed by atoms with Crippen LogP contribution in [0.4, 0.5) is 0 Å². The highest BCUT2D eigenvalue weighted by Gasteiger charge is 1.88. The van der Waals surface area contributed by atoms with Gasteiger partial charge in [0, 0.05) is 6.16 Å². The van der Waals surface area contributed by atoms with Gasteiger partial charge < -0.3 is 4.57 Å². The molecule has 0 saturated carbocycles. The van der Waals surface area contributed by atoms with Crippen molar-refractivity contribution in [2.45, 2.75) is 26.2 Å². The Kier molecular flexibility index (Phi) is 5.46. The Labute approximate surface area is 51.3 Å². The molecule has 2 nitrogen and oxygen atoms in total. The van der Waals surface area contributed by atoms with Gasteiger partial charge in [-0.1, -0.05) is 19.8 Å². The standard InChI is InChI=1S/C5H14NOP/c1-2-3-4-5-8(6)7/h8H,2-5H2,1H3,(H2,6,7). The molecule has 2 N–H and O–H groups in total. The van der Waals surface area contributed by atoms with Gasteiger partial charge in [-0.15, -0.1) is 0 Å². The third-order valence-electron chi connectivity index (χ3n) is 1.03. The van der Waals surface area contributed by atoms with E-state index in [4.69, 9.17) is 5.50 Å². The number of unbranched alkanes of at least 4 members (excludes halogenated alkanes) is 2. The second-order valence-corrected chi connectivity index (χ2v) is 3.36. The van der Waals surface area contributed by atoms with Gasteiger partial charge in [-0.25, -0.2) is 0 Å². The van der Waals surface area contributed by atoms with Crippen LogP contribution in [0.5, 0.6) is 0 Å². The SMILES string of the molecule is CCCCC[PH](N)=O. The van der Waals surface area contributed by atoms with Gasteiger partial charge in [-0.05, 0) is 6.42 Å². The lowest BCUT2D eigenvalue weighted by molar-refractivity contribution is 0.586. The van der Waals surface area contributed by atoms with Gasteiger partial charge in [-0.2, -0.15) is 0 Å². The van der Waals surface area contributed by atoms with Crippen LogP contribution in [-0.2, 0) is 4.57 Å². The van der Waals surface area contributed by atoms with Crippen molar-refractivity contribution in [3.63, 3.8) is 0 Å². The maximum Gasteiger partial charge on any atom is 0.133 e. The molecule has 0 fully saturated rings. The van der Waals surface area contributed by atoms with Gasteiger partial charge in [0.2, 0.25) is 0 Å². The second-order valence-electron chi connectivity index (χ2n) is 1.92. The molecule has 0 rings (SSSR count). The normalized spacial score (nSPS) is 13.8. The summed E-state index contributed by atoms with van der Waals surface area (Å²) in [5.74, 6) is 0. The maximum atomic E-state index is 10.3. The minimum absolute atomic E-state index is 0.735. The Balaban J connectivity index is 2.82. The summed E-state index contributed by atoms with van der Waals surface area (Å²) in [6.07, 6.45) is 4.10. The molecule has 0 aromatic heterocycles. The van der Waals surface area contributed by atoms with E-state index in [2.05, 4.69) is 6.92 Å². The zero-order valence-electron chi connectivity index (χ0n) is 5.31. The van der Waals surface area contributed by atoms with Crippen molar-refractivity contribution in [3.8, 4) is 0 Å². The van der Waals surface area contributed by atoms with E-state index in [1.807, 2.05) is 0 Å². The summed E-state index contributed by atoms with van der Waals surface area (Å²) < 4.78 is 10.3. The van der Waals surface area contributed by atoms with Crippen LogP contribution in [0.2, 0.25) is 0 Å². The quantitative estimate of drug-likeness (QED) is 0.470. The molecule has 0 spiro atoms. The van der Waals surface area contributed by atoms with E-state index in [1.54, 1.807) is 0 Å². The van der Waals surface area contributed by atoms with Crippen LogP contribution in [0.3, 0.4) is 0 Å². The fraction of sp³-hybridized carbons (Fsp3) is 1.00. The molecule has 0 aliphatic carbocycles. The molecule has 8 heavy (non-hydrogen) atoms. The van der Waals surface area contributed by atoms with E-state index in [0.29, 0.717) is 0 Å². The molecule has 0 bridgehead atoms. The molecule has 1 atom stereocenters. The third kappa shape index (κ3) is 6.19. The molecule has 0 radical (unpaired) electrons. The predicted octanol–water partition coefficient (Wildman–Crippen LogP) is 1.61. The lowest BCUT2D eigenvalue weighted by atomic mass is 10.3. The minimum atomic E-state index is -1.66. The Morgan fingerprint density at radius 2 is 2.12 bits per heavy atom. The van der Waals surface area contributed by atoms with E-state index < -0.39 is 7.95 Å². The molecule has 3 heteroatoms. The summed E-state index contributed by atoms with van der Waals surface area (Å²) in [5.41, 5.74) is 5.08. The van der Waals surface area contributed by atoms with Gasteiger partial charge in [0.05, 0.1) is 0 Å². The van der Waals surface area contributed by atoms with Crippen LogP contribution in [-0.4, -0.2) is 6.16 Å². The summed E-state index contributed by atoms with van der Waals surface area (Å²) in [5, 5.41) is 0. The summed E-state index contributed by atoms with van der Waals surface area (Å²) in [7, 11) is -1.66. The monoisotopic (exact) mass is 135 g/mol. The van der Waals surface area contributed by atoms with Crippen molar-refractivity contribution in [2.24, 2.45) is 5.50 Å². The van der Waals surface area contributed by atoms with Crippen molar-refractivity contribution < 1.29 is 4.57 Å². The average molecular weight is 135 g/mol. The molecule has 0 aliphatic rings. The predicted molar refractivity (Wildman–Crippen MR) is 37.6 cm³/mol. The van der Waals surface area contributed by atoms with Crippen molar-refractivity contribution in [1.82, 2.24) is 0 Å². The van der Waals surface area contributed by atoms with E-state index >= 15 is 0 Å². The molecule has 0 aliphatic heterocycles. The Bertz CT molecular complexity index is 74.8. The summed E-state index contributed by atoms with van der Waals surface area (Å²) in [6.45, 7) is 2.12. The highest BCUT2D eigenvalue weighted by molar-refractivity contribution is 7.41. The number of hydrogen-bond acceptors (Lipinski definition) is 1. The average Bonchev–Trinajstić information content (AvgIpc) is 1.66. The summed E-state index contributed by atoms with van der Waals surface area (Å²) in [6, 6.07) is 0. The summed E-state index contributed by atoms with van der Waals surface area (Å²) in [4.78, 5) is 0. The molecular weight excluding hydrogens is 121 g/mol. The highest BCUT2D eigenvalue weighted by Crippen LogP contribution is 2.10. The molecular formula is C5H14NOP. The van der Waals surface area contributed by atoms with Crippen LogP contribution in [0.1, 0.15) is 26.2 Å². The van der Waals surface area contributed by atoms with Gasteiger partial charge in [-0.3, -0.25) is 5.50 Å². The zero-order chi connectivity index (χ0) is 6.41. The van der Waals surface area contributed by atoms with Crippen molar-refractivity contribution in [2.75, 3.05) is 6.16 Å². The molecule has 1 unspecified atom stereocenters. The Morgan fingerprint density at radius 1 is 1.50 bits per heavy atom. The van der Waals surface area contributed by atoms with Crippen LogP contribution >= 0.6 is 7.95 Å². The van der Waals surface area contributed by atoms with Gasteiger partial charge >= 0.3 is 0 Å². The fourth-order valence-corrected chi connectivity index (χ4v) is 1.15. The number of hydrogen-bond donors (Lipinski definition) is 1. The lowest BCUT2D eigenvalue weighted by Gasteiger charge is -1.91. The van der Waals surface area contributed by atoms with Gasteiger partial charge in [0.25, 0.3) is 0 Å². The number of nitrogens with two attached hydrogens (primary N) is 1. The first-order valence-corrected chi connectivity index (χ1v) is 4.75. The topological polar surface area (TPSA) is 43.1 Å². The second kappa shape index (κ2) is 5.33. The molecule has 0 aromatic carbocycles. The third-order valence-corrected chi connectivity index (χ3v) is 1.87. The number of rotatable bonds is 4. The molecule has 0 amide bonds. The molecule has 0 saturated heterocycles. The largest absolute Gasteiger partial charge is 0.310 e. The molecule has 0 heterocycles. The van der Waals surface area contributed by atoms with E-state index in [-0.39, 0.29) is 0 Å². The highest BCUT2D eigenvalue weighted by atomic mass is 31.1. The van der Waals surface area contributed by atoms with E-state index in [1.165, 1.54) is 6.42 Å². The smallest absolute Gasteiger partial charge is 0.133 e. The van der Waals surface area contributed by atoms with Crippen LogP contribution < -0.4 is 5.50 Å². The first-order valence-electron chi connectivity index (χ1n) is 3.05. The zero-order valence-corrected chi connectivity index (χ0v) is 6.31. The van der Waals surface area contributed by atoms with Gasteiger partial charge in [0.1, 0.15) is 7.95 Å². The molecule has 0 aromatic rings. The van der Waals surface area contributed by atoms with Crippen molar-refractivity contribution in [1.29, 1.82) is 0 Å². The minimum Gasteiger partial charge on any atom is -0.310 e. The lowest BCUT2D eigenvalue weighted by Crippen LogP contribution is -1.84. The molecule has 50 valence electrons. The maximum absolute atomic E-state index is 10.3. The van der Waals surface area contributed by atoms with E-state index in [0.717, 1.165) is 19.0 Å². The van der Waals surface area contributed by atoms with Crippen LogP contribution in [0.25, 0.3) is 0 Å². The van der Waals surface area contributed by atoms with Gasteiger partial charge in [0.15, 0.2) is 0 Å². The van der Waals surface area contributed by atoms with E-state index in [9.17, 15) is 4.57 Å². The Hall–Kier alpha value is 0.190. The van der Waals surface area contributed by atoms with Crippen LogP contribution in [0, 0.1) is 0 Å². The van der Waals surface area contributed by atoms with Crippen LogP contribution in [0.15, 0.2) is 0 Å². The summed E-state index contributed by atoms with van der Waals surface area (Å²) >= 11 is 0. The first-order chi connectivity index (χ1) is 3.77. The fourth-order valence-electron chi connectivity index (χ4n) is 0.549. The van der Waals surface area contributed by atoms with Crippen molar-refractivity contribution >= 4 is 7.95 Å².